The first kappa shape index (κ1) is 17.4. The molecule has 0 saturated carbocycles. The second-order valence-electron chi connectivity index (χ2n) is 5.49. The van der Waals surface area contributed by atoms with Crippen LogP contribution in [0.2, 0.25) is 0 Å². The van der Waals surface area contributed by atoms with E-state index in [9.17, 15) is 9.18 Å². The number of anilines is 1. The average molecular weight is 397 g/mol. The van der Waals surface area contributed by atoms with Gasteiger partial charge in [-0.05, 0) is 37.3 Å². The summed E-state index contributed by atoms with van der Waals surface area (Å²) in [6, 6.07) is 7.82. The molecule has 134 valence electrons. The molecule has 1 N–H and O–H groups in total. The second-order valence-corrected chi connectivity index (χ2v) is 7.72. The quantitative estimate of drug-likeness (QED) is 0.551. The van der Waals surface area contributed by atoms with E-state index in [0.29, 0.717) is 20.8 Å². The highest BCUT2D eigenvalue weighted by molar-refractivity contribution is 7.17. The van der Waals surface area contributed by atoms with E-state index >= 15 is 0 Å². The molecular weight excluding hydrogens is 385 g/mol. The second kappa shape index (κ2) is 7.29. The molecule has 1 amide bonds. The SMILES string of the molecule is Cc1sc(NC(=O)c2cnc(-c3ncccn3)s2)nc1-c1ccc(F)cc1. The Bertz CT molecular complexity index is 1090. The predicted molar refractivity (Wildman–Crippen MR) is 103 cm³/mol. The van der Waals surface area contributed by atoms with Gasteiger partial charge in [-0.1, -0.05) is 0 Å². The van der Waals surface area contributed by atoms with E-state index in [4.69, 9.17) is 0 Å². The molecule has 0 bridgehead atoms. The number of carbonyl (C=O) groups is 1. The van der Waals surface area contributed by atoms with Gasteiger partial charge >= 0.3 is 0 Å². The molecule has 4 aromatic rings. The Morgan fingerprint density at radius 3 is 2.56 bits per heavy atom. The van der Waals surface area contributed by atoms with Crippen molar-refractivity contribution < 1.29 is 9.18 Å². The molecule has 0 fully saturated rings. The summed E-state index contributed by atoms with van der Waals surface area (Å²) in [4.78, 5) is 30.8. The highest BCUT2D eigenvalue weighted by Gasteiger charge is 2.16. The molecule has 3 heterocycles. The van der Waals surface area contributed by atoms with Crippen molar-refractivity contribution in [3.63, 3.8) is 0 Å². The van der Waals surface area contributed by atoms with E-state index in [1.807, 2.05) is 6.92 Å². The minimum absolute atomic E-state index is 0.297. The molecule has 3 aromatic heterocycles. The van der Waals surface area contributed by atoms with Gasteiger partial charge < -0.3 is 0 Å². The van der Waals surface area contributed by atoms with Crippen molar-refractivity contribution in [2.24, 2.45) is 0 Å². The standard InChI is InChI=1S/C18H12FN5OS2/c1-10-14(11-3-5-12(19)6-4-11)23-18(26-10)24-16(25)13-9-22-17(27-13)15-20-7-2-8-21-15/h2-9H,1H3,(H,23,24,25). The third-order valence-corrected chi connectivity index (χ3v) is 5.50. The topological polar surface area (TPSA) is 80.7 Å². The zero-order valence-corrected chi connectivity index (χ0v) is 15.6. The van der Waals surface area contributed by atoms with E-state index in [1.165, 1.54) is 41.0 Å². The Kier molecular flexibility index (Phi) is 4.69. The number of nitrogens with zero attached hydrogens (tertiary/aromatic N) is 4. The van der Waals surface area contributed by atoms with Crippen LogP contribution < -0.4 is 5.32 Å². The molecule has 0 unspecified atom stereocenters. The molecule has 0 aliphatic rings. The van der Waals surface area contributed by atoms with Gasteiger partial charge in [-0.3, -0.25) is 10.1 Å². The summed E-state index contributed by atoms with van der Waals surface area (Å²) in [6.45, 7) is 1.91. The lowest BCUT2D eigenvalue weighted by atomic mass is 10.1. The van der Waals surface area contributed by atoms with Crippen LogP contribution >= 0.6 is 22.7 Å². The molecule has 0 aliphatic heterocycles. The van der Waals surface area contributed by atoms with Crippen molar-refractivity contribution in [2.45, 2.75) is 6.92 Å². The van der Waals surface area contributed by atoms with Crippen LogP contribution in [0.3, 0.4) is 0 Å². The number of carbonyl (C=O) groups excluding carboxylic acids is 1. The fourth-order valence-corrected chi connectivity index (χ4v) is 3.97. The van der Waals surface area contributed by atoms with Gasteiger partial charge in [0.25, 0.3) is 5.91 Å². The van der Waals surface area contributed by atoms with Crippen LogP contribution in [0.5, 0.6) is 0 Å². The molecular formula is C18H12FN5OS2. The van der Waals surface area contributed by atoms with Gasteiger partial charge in [0, 0.05) is 22.8 Å². The molecule has 6 nitrogen and oxygen atoms in total. The molecule has 0 radical (unpaired) electrons. The Hall–Kier alpha value is -3.04. The smallest absolute Gasteiger partial charge is 0.269 e. The van der Waals surface area contributed by atoms with E-state index in [2.05, 4.69) is 25.3 Å². The molecule has 0 atom stereocenters. The van der Waals surface area contributed by atoms with Gasteiger partial charge in [-0.25, -0.2) is 24.3 Å². The maximum atomic E-state index is 13.1. The number of benzene rings is 1. The monoisotopic (exact) mass is 397 g/mol. The van der Waals surface area contributed by atoms with E-state index in [0.717, 1.165) is 16.1 Å². The maximum absolute atomic E-state index is 13.1. The van der Waals surface area contributed by atoms with Gasteiger partial charge in [0.15, 0.2) is 16.0 Å². The van der Waals surface area contributed by atoms with E-state index < -0.39 is 0 Å². The molecule has 0 aliphatic carbocycles. The van der Waals surface area contributed by atoms with Crippen LogP contribution in [-0.2, 0) is 0 Å². The summed E-state index contributed by atoms with van der Waals surface area (Å²) in [5.74, 6) is -0.122. The summed E-state index contributed by atoms with van der Waals surface area (Å²) in [7, 11) is 0. The number of rotatable bonds is 4. The third-order valence-electron chi connectivity index (χ3n) is 3.62. The van der Waals surface area contributed by atoms with Gasteiger partial charge in [0.05, 0.1) is 11.9 Å². The van der Waals surface area contributed by atoms with Crippen LogP contribution in [-0.4, -0.2) is 25.8 Å². The average Bonchev–Trinajstić information content (AvgIpc) is 3.30. The summed E-state index contributed by atoms with van der Waals surface area (Å²) < 4.78 is 13.1. The zero-order chi connectivity index (χ0) is 18.8. The molecule has 0 spiro atoms. The first-order valence-electron chi connectivity index (χ1n) is 7.88. The van der Waals surface area contributed by atoms with Crippen LogP contribution in [0.15, 0.2) is 48.9 Å². The van der Waals surface area contributed by atoms with Crippen LogP contribution in [0.4, 0.5) is 9.52 Å². The molecule has 0 saturated heterocycles. The Labute approximate surface area is 161 Å². The largest absolute Gasteiger partial charge is 0.297 e. The van der Waals surface area contributed by atoms with Crippen LogP contribution in [0, 0.1) is 12.7 Å². The number of hydrogen-bond acceptors (Lipinski definition) is 7. The third kappa shape index (κ3) is 3.74. The molecule has 4 rings (SSSR count). The van der Waals surface area contributed by atoms with E-state index in [1.54, 1.807) is 30.6 Å². The Balaban J connectivity index is 1.53. The zero-order valence-electron chi connectivity index (χ0n) is 14.0. The normalized spacial score (nSPS) is 10.7. The lowest BCUT2D eigenvalue weighted by molar-refractivity contribution is 0.103. The lowest BCUT2D eigenvalue weighted by Crippen LogP contribution is -2.09. The van der Waals surface area contributed by atoms with Crippen molar-refractivity contribution in [3.05, 3.63) is 64.5 Å². The molecule has 27 heavy (non-hydrogen) atoms. The van der Waals surface area contributed by atoms with Gasteiger partial charge in [0.1, 0.15) is 10.7 Å². The highest BCUT2D eigenvalue weighted by Crippen LogP contribution is 2.31. The van der Waals surface area contributed by atoms with Crippen molar-refractivity contribution in [2.75, 3.05) is 5.32 Å². The minimum Gasteiger partial charge on any atom is -0.297 e. The van der Waals surface area contributed by atoms with Gasteiger partial charge in [0.2, 0.25) is 0 Å². The predicted octanol–water partition coefficient (Wildman–Crippen LogP) is 4.42. The number of aromatic nitrogens is 4. The van der Waals surface area contributed by atoms with Gasteiger partial charge in [-0.15, -0.1) is 22.7 Å². The van der Waals surface area contributed by atoms with Crippen LogP contribution in [0.25, 0.3) is 22.1 Å². The van der Waals surface area contributed by atoms with E-state index in [-0.39, 0.29) is 11.7 Å². The minimum atomic E-state index is -0.302. The fraction of sp³-hybridized carbons (Fsp3) is 0.0556. The highest BCUT2D eigenvalue weighted by atomic mass is 32.1. The number of halogens is 1. The Morgan fingerprint density at radius 1 is 1.07 bits per heavy atom. The van der Waals surface area contributed by atoms with Crippen molar-refractivity contribution >= 4 is 33.7 Å². The molecule has 9 heteroatoms. The number of thiazole rings is 2. The molecule has 1 aromatic carbocycles. The van der Waals surface area contributed by atoms with Crippen LogP contribution in [0.1, 0.15) is 14.5 Å². The number of aryl methyl sites for hydroxylation is 1. The van der Waals surface area contributed by atoms with Gasteiger partial charge in [-0.2, -0.15) is 0 Å². The maximum Gasteiger partial charge on any atom is 0.269 e. The number of nitrogens with one attached hydrogen (secondary N) is 1. The number of amides is 1. The Morgan fingerprint density at radius 2 is 1.81 bits per heavy atom. The number of hydrogen-bond donors (Lipinski definition) is 1. The summed E-state index contributed by atoms with van der Waals surface area (Å²) in [6.07, 6.45) is 4.74. The van der Waals surface area contributed by atoms with Crippen molar-refractivity contribution in [1.82, 2.24) is 19.9 Å². The van der Waals surface area contributed by atoms with Crippen molar-refractivity contribution in [3.8, 4) is 22.1 Å². The first-order chi connectivity index (χ1) is 13.1. The summed E-state index contributed by atoms with van der Waals surface area (Å²) in [5, 5.41) is 3.84. The summed E-state index contributed by atoms with van der Waals surface area (Å²) >= 11 is 2.57. The fourth-order valence-electron chi connectivity index (χ4n) is 2.38. The first-order valence-corrected chi connectivity index (χ1v) is 9.51. The lowest BCUT2D eigenvalue weighted by Gasteiger charge is -1.99. The van der Waals surface area contributed by atoms with Crippen molar-refractivity contribution in [1.29, 1.82) is 0 Å². The summed E-state index contributed by atoms with van der Waals surface area (Å²) in [5.41, 5.74) is 1.52.